The van der Waals surface area contributed by atoms with E-state index >= 15 is 0 Å². The minimum Gasteiger partial charge on any atom is -0.392 e. The first kappa shape index (κ1) is 15.9. The topological polar surface area (TPSA) is 75.6 Å². The molecular weight excluding hydrogens is 346 g/mol. The van der Waals surface area contributed by atoms with E-state index in [1.807, 2.05) is 0 Å². The molecule has 1 atom stereocenters. The lowest BCUT2D eigenvalue weighted by Gasteiger charge is -2.11. The molecule has 2 N–H and O–H groups in total. The predicted molar refractivity (Wildman–Crippen MR) is 78.8 cm³/mol. The van der Waals surface area contributed by atoms with Crippen molar-refractivity contribution in [3.05, 3.63) is 28.2 Å². The van der Waals surface area contributed by atoms with E-state index in [0.29, 0.717) is 22.5 Å². The van der Waals surface area contributed by atoms with Crippen LogP contribution >= 0.6 is 15.9 Å². The largest absolute Gasteiger partial charge is 0.392 e. The van der Waals surface area contributed by atoms with Gasteiger partial charge in [0.2, 0.25) is 10.0 Å². The number of ether oxygens (including phenoxy) is 1. The first-order valence-electron chi connectivity index (χ1n) is 6.49. The summed E-state index contributed by atoms with van der Waals surface area (Å²) in [6.07, 6.45) is 1.78. The van der Waals surface area contributed by atoms with Crippen LogP contribution in [0.3, 0.4) is 0 Å². The van der Waals surface area contributed by atoms with Crippen molar-refractivity contribution in [2.24, 2.45) is 5.92 Å². The number of hydrogen-bond acceptors (Lipinski definition) is 4. The van der Waals surface area contributed by atoms with Crippen molar-refractivity contribution >= 4 is 26.0 Å². The summed E-state index contributed by atoms with van der Waals surface area (Å²) in [5.41, 5.74) is 0.666. The number of aliphatic hydroxyl groups excluding tert-OH is 1. The number of sulfonamides is 1. The van der Waals surface area contributed by atoms with Crippen molar-refractivity contribution < 1.29 is 18.3 Å². The predicted octanol–water partition coefficient (Wildman–Crippen LogP) is 1.65. The highest BCUT2D eigenvalue weighted by Gasteiger charge is 2.20. The molecule has 1 aliphatic rings. The minimum atomic E-state index is -3.53. The van der Waals surface area contributed by atoms with E-state index in [2.05, 4.69) is 20.7 Å². The Hall–Kier alpha value is -0.470. The molecule has 1 fully saturated rings. The van der Waals surface area contributed by atoms with Crippen LogP contribution in [0.2, 0.25) is 0 Å². The van der Waals surface area contributed by atoms with Crippen LogP contribution in [-0.4, -0.2) is 33.3 Å². The Labute approximate surface area is 127 Å². The van der Waals surface area contributed by atoms with Gasteiger partial charge in [0.15, 0.2) is 0 Å². The maximum Gasteiger partial charge on any atom is 0.241 e. The fourth-order valence-electron chi connectivity index (χ4n) is 2.15. The summed E-state index contributed by atoms with van der Waals surface area (Å²) in [5, 5.41) is 9.02. The summed E-state index contributed by atoms with van der Waals surface area (Å²) in [6.45, 7) is 1.78. The highest BCUT2D eigenvalue weighted by atomic mass is 79.9. The fraction of sp³-hybridized carbons (Fsp3) is 0.538. The molecule has 0 amide bonds. The monoisotopic (exact) mass is 363 g/mol. The Morgan fingerprint density at radius 2 is 2.25 bits per heavy atom. The van der Waals surface area contributed by atoms with Crippen molar-refractivity contribution in [3.8, 4) is 0 Å². The van der Waals surface area contributed by atoms with Gasteiger partial charge < -0.3 is 9.84 Å². The molecule has 7 heteroatoms. The van der Waals surface area contributed by atoms with Crippen LogP contribution in [0.1, 0.15) is 18.4 Å². The molecule has 1 aliphatic heterocycles. The van der Waals surface area contributed by atoms with Crippen LogP contribution in [0.15, 0.2) is 27.6 Å². The zero-order valence-corrected chi connectivity index (χ0v) is 13.4. The molecule has 0 spiro atoms. The third-order valence-electron chi connectivity index (χ3n) is 3.34. The molecule has 112 valence electrons. The Bertz CT molecular complexity index is 555. The van der Waals surface area contributed by atoms with Crippen molar-refractivity contribution in [2.75, 3.05) is 19.8 Å². The summed E-state index contributed by atoms with van der Waals surface area (Å²) >= 11 is 3.23. The molecule has 20 heavy (non-hydrogen) atoms. The molecule has 0 radical (unpaired) electrons. The molecule has 0 bridgehead atoms. The van der Waals surface area contributed by atoms with Crippen LogP contribution in [0.25, 0.3) is 0 Å². The Morgan fingerprint density at radius 3 is 2.85 bits per heavy atom. The highest BCUT2D eigenvalue weighted by molar-refractivity contribution is 9.10. The van der Waals surface area contributed by atoms with E-state index in [0.717, 1.165) is 26.1 Å². The third-order valence-corrected chi connectivity index (χ3v) is 5.77. The lowest BCUT2D eigenvalue weighted by Crippen LogP contribution is -2.26. The second-order valence-corrected chi connectivity index (χ2v) is 7.43. The van der Waals surface area contributed by atoms with Crippen molar-refractivity contribution in [2.45, 2.75) is 24.3 Å². The third kappa shape index (κ3) is 4.02. The second kappa shape index (κ2) is 7.00. The van der Waals surface area contributed by atoms with Gasteiger partial charge >= 0.3 is 0 Å². The molecule has 0 aromatic heterocycles. The number of halogens is 1. The quantitative estimate of drug-likeness (QED) is 0.805. The van der Waals surface area contributed by atoms with Gasteiger partial charge in [-0.1, -0.05) is 6.07 Å². The van der Waals surface area contributed by atoms with Crippen molar-refractivity contribution in [1.82, 2.24) is 4.72 Å². The fourth-order valence-corrected chi connectivity index (χ4v) is 4.32. The summed E-state index contributed by atoms with van der Waals surface area (Å²) in [5.74, 6) is 0.443. The number of benzene rings is 1. The van der Waals surface area contributed by atoms with E-state index in [1.165, 1.54) is 6.07 Å². The van der Waals surface area contributed by atoms with Crippen molar-refractivity contribution in [3.63, 3.8) is 0 Å². The minimum absolute atomic E-state index is 0.117. The zero-order valence-electron chi connectivity index (χ0n) is 11.0. The molecule has 0 aliphatic carbocycles. The SMILES string of the molecule is O=S(=O)(NCCC1CCOC1)c1ccc(CO)cc1Br. The van der Waals surface area contributed by atoms with Crippen molar-refractivity contribution in [1.29, 1.82) is 0 Å². The van der Waals surface area contributed by atoms with Gasteiger partial charge in [0.1, 0.15) is 0 Å². The lowest BCUT2D eigenvalue weighted by molar-refractivity contribution is 0.184. The summed E-state index contributed by atoms with van der Waals surface area (Å²) < 4.78 is 32.7. The van der Waals surface area contributed by atoms with Crippen LogP contribution < -0.4 is 4.72 Å². The summed E-state index contributed by atoms with van der Waals surface area (Å²) in [7, 11) is -3.53. The Balaban J connectivity index is 1.98. The molecule has 2 rings (SSSR count). The number of hydrogen-bond donors (Lipinski definition) is 2. The van der Waals surface area contributed by atoms with Crippen LogP contribution in [0, 0.1) is 5.92 Å². The van der Waals surface area contributed by atoms with E-state index in [1.54, 1.807) is 12.1 Å². The molecule has 1 heterocycles. The van der Waals surface area contributed by atoms with Gasteiger partial charge in [-0.15, -0.1) is 0 Å². The molecule has 0 saturated carbocycles. The Morgan fingerprint density at radius 1 is 1.45 bits per heavy atom. The van der Waals surface area contributed by atoms with Crippen LogP contribution in [-0.2, 0) is 21.4 Å². The summed E-state index contributed by atoms with van der Waals surface area (Å²) in [4.78, 5) is 0.192. The average Bonchev–Trinajstić information content (AvgIpc) is 2.91. The van der Waals surface area contributed by atoms with E-state index in [-0.39, 0.29) is 11.5 Å². The van der Waals surface area contributed by atoms with E-state index < -0.39 is 10.0 Å². The summed E-state index contributed by atoms with van der Waals surface area (Å²) in [6, 6.07) is 4.71. The molecule has 5 nitrogen and oxygen atoms in total. The normalized spacial score (nSPS) is 19.4. The van der Waals surface area contributed by atoms with Gasteiger partial charge in [-0.05, 0) is 52.4 Å². The van der Waals surface area contributed by atoms with Gasteiger partial charge in [0, 0.05) is 24.2 Å². The van der Waals surface area contributed by atoms with E-state index in [9.17, 15) is 8.42 Å². The van der Waals surface area contributed by atoms with Gasteiger partial charge in [0.25, 0.3) is 0 Å². The second-order valence-electron chi connectivity index (χ2n) is 4.84. The van der Waals surface area contributed by atoms with Gasteiger partial charge in [-0.25, -0.2) is 13.1 Å². The Kier molecular flexibility index (Phi) is 5.57. The van der Waals surface area contributed by atoms with E-state index in [4.69, 9.17) is 9.84 Å². The maximum atomic E-state index is 12.2. The number of aliphatic hydroxyl groups is 1. The van der Waals surface area contributed by atoms with Crippen LogP contribution in [0.4, 0.5) is 0 Å². The van der Waals surface area contributed by atoms with Gasteiger partial charge in [-0.3, -0.25) is 0 Å². The lowest BCUT2D eigenvalue weighted by atomic mass is 10.1. The number of rotatable bonds is 6. The standard InChI is InChI=1S/C13H18BrNO4S/c14-12-7-11(8-16)1-2-13(12)20(17,18)15-5-3-10-4-6-19-9-10/h1-2,7,10,15-16H,3-6,8-9H2. The van der Waals surface area contributed by atoms with Crippen LogP contribution in [0.5, 0.6) is 0 Å². The first-order chi connectivity index (χ1) is 9.53. The highest BCUT2D eigenvalue weighted by Crippen LogP contribution is 2.23. The first-order valence-corrected chi connectivity index (χ1v) is 8.77. The smallest absolute Gasteiger partial charge is 0.241 e. The molecule has 1 unspecified atom stereocenters. The maximum absolute atomic E-state index is 12.2. The number of nitrogens with one attached hydrogen (secondary N) is 1. The molecule has 1 aromatic carbocycles. The zero-order chi connectivity index (χ0) is 14.6. The van der Waals surface area contributed by atoms with Gasteiger partial charge in [-0.2, -0.15) is 0 Å². The van der Waals surface area contributed by atoms with Gasteiger partial charge in [0.05, 0.1) is 11.5 Å². The molecular formula is C13H18BrNO4S. The average molecular weight is 364 g/mol. The molecule has 1 saturated heterocycles. The molecule has 1 aromatic rings.